The topological polar surface area (TPSA) is 92.8 Å². The molecule has 9 heteroatoms. The van der Waals surface area contributed by atoms with Crippen LogP contribution < -0.4 is 23.7 Å². The molecule has 0 fully saturated rings. The zero-order valence-electron chi connectivity index (χ0n) is 19.8. The predicted molar refractivity (Wildman–Crippen MR) is 120 cm³/mol. The molecule has 1 heterocycles. The van der Waals surface area contributed by atoms with Gasteiger partial charge < -0.3 is 33.3 Å². The fraction of sp³-hybridized carbons (Fsp3) is 0.417. The maximum absolute atomic E-state index is 13.5. The van der Waals surface area contributed by atoms with Crippen LogP contribution in [0.1, 0.15) is 31.8 Å². The van der Waals surface area contributed by atoms with Gasteiger partial charge >= 0.3 is 5.97 Å². The fourth-order valence-corrected chi connectivity index (χ4v) is 3.80. The van der Waals surface area contributed by atoms with Crippen molar-refractivity contribution < 1.29 is 38.0 Å². The van der Waals surface area contributed by atoms with Gasteiger partial charge in [-0.1, -0.05) is 0 Å². The normalized spacial score (nSPS) is 12.0. The number of ether oxygens (including phenoxy) is 6. The number of carbonyl (C=O) groups is 2. The van der Waals surface area contributed by atoms with Crippen LogP contribution in [0, 0.1) is 0 Å². The van der Waals surface area contributed by atoms with E-state index in [0.717, 1.165) is 12.1 Å². The SMILES string of the molecule is COC(=O)c1c(C(=O)Cc2c(CCN(C)C)cc3c(c2OC)OCO3)ccc(OC)c1OC. The van der Waals surface area contributed by atoms with E-state index in [4.69, 9.17) is 28.4 Å². The molecular formula is C24H29NO8. The smallest absolute Gasteiger partial charge is 0.342 e. The summed E-state index contributed by atoms with van der Waals surface area (Å²) >= 11 is 0. The van der Waals surface area contributed by atoms with Crippen molar-refractivity contribution in [3.63, 3.8) is 0 Å². The van der Waals surface area contributed by atoms with Gasteiger partial charge in [0, 0.05) is 24.1 Å². The minimum absolute atomic E-state index is 0.0129. The van der Waals surface area contributed by atoms with Crippen molar-refractivity contribution in [1.29, 1.82) is 0 Å². The lowest BCUT2D eigenvalue weighted by atomic mass is 9.92. The van der Waals surface area contributed by atoms with Gasteiger partial charge in [0.25, 0.3) is 0 Å². The van der Waals surface area contributed by atoms with Gasteiger partial charge in [0.15, 0.2) is 28.8 Å². The summed E-state index contributed by atoms with van der Waals surface area (Å²) < 4.78 is 32.4. The van der Waals surface area contributed by atoms with Gasteiger partial charge in [0.1, 0.15) is 5.56 Å². The molecule has 0 aromatic heterocycles. The summed E-state index contributed by atoms with van der Waals surface area (Å²) in [6.07, 6.45) is 0.639. The predicted octanol–water partition coefficient (Wildman–Crippen LogP) is 2.76. The number of carbonyl (C=O) groups excluding carboxylic acids is 2. The zero-order valence-corrected chi connectivity index (χ0v) is 19.8. The van der Waals surface area contributed by atoms with E-state index in [1.165, 1.54) is 34.5 Å². The maximum atomic E-state index is 13.5. The molecule has 0 saturated carbocycles. The molecule has 178 valence electrons. The highest BCUT2D eigenvalue weighted by Gasteiger charge is 2.30. The van der Waals surface area contributed by atoms with Crippen molar-refractivity contribution in [2.24, 2.45) is 0 Å². The number of ketones is 1. The van der Waals surface area contributed by atoms with Gasteiger partial charge in [-0.25, -0.2) is 4.79 Å². The molecule has 1 aliphatic heterocycles. The first kappa shape index (κ1) is 24.2. The van der Waals surface area contributed by atoms with Crippen LogP contribution in [0.25, 0.3) is 0 Å². The molecule has 33 heavy (non-hydrogen) atoms. The zero-order chi connectivity index (χ0) is 24.1. The summed E-state index contributed by atoms with van der Waals surface area (Å²) in [4.78, 5) is 28.2. The number of benzene rings is 2. The van der Waals surface area contributed by atoms with E-state index in [1.54, 1.807) is 6.07 Å². The van der Waals surface area contributed by atoms with Crippen molar-refractivity contribution in [1.82, 2.24) is 4.90 Å². The summed E-state index contributed by atoms with van der Waals surface area (Å²) in [6.45, 7) is 0.839. The van der Waals surface area contributed by atoms with E-state index in [-0.39, 0.29) is 35.9 Å². The third-order valence-corrected chi connectivity index (χ3v) is 5.42. The van der Waals surface area contributed by atoms with E-state index >= 15 is 0 Å². The lowest BCUT2D eigenvalue weighted by Gasteiger charge is -2.19. The summed E-state index contributed by atoms with van der Waals surface area (Å²) in [5.74, 6) is 0.960. The molecule has 9 nitrogen and oxygen atoms in total. The van der Waals surface area contributed by atoms with Crippen LogP contribution in [0.2, 0.25) is 0 Å². The summed E-state index contributed by atoms with van der Waals surface area (Å²) in [5.41, 5.74) is 1.76. The molecule has 0 amide bonds. The van der Waals surface area contributed by atoms with E-state index in [1.807, 2.05) is 25.1 Å². The lowest BCUT2D eigenvalue weighted by Crippen LogP contribution is -2.18. The number of likely N-dealkylation sites (N-methyl/N-ethyl adjacent to an activating group) is 1. The van der Waals surface area contributed by atoms with Crippen LogP contribution >= 0.6 is 0 Å². The van der Waals surface area contributed by atoms with E-state index < -0.39 is 5.97 Å². The maximum Gasteiger partial charge on any atom is 0.342 e. The number of hydrogen-bond donors (Lipinski definition) is 0. The average Bonchev–Trinajstić information content (AvgIpc) is 3.28. The van der Waals surface area contributed by atoms with Gasteiger partial charge in [-0.3, -0.25) is 4.79 Å². The second kappa shape index (κ2) is 10.4. The summed E-state index contributed by atoms with van der Waals surface area (Å²) in [6, 6.07) is 5.00. The molecule has 0 N–H and O–H groups in total. The molecule has 2 aromatic rings. The minimum atomic E-state index is -0.695. The van der Waals surface area contributed by atoms with Crippen LogP contribution in [0.5, 0.6) is 28.7 Å². The Morgan fingerprint density at radius 2 is 1.73 bits per heavy atom. The Labute approximate surface area is 193 Å². The molecule has 0 unspecified atom stereocenters. The Morgan fingerprint density at radius 1 is 1.00 bits per heavy atom. The first-order valence-corrected chi connectivity index (χ1v) is 10.4. The third kappa shape index (κ3) is 4.83. The van der Waals surface area contributed by atoms with Crippen LogP contribution in [-0.4, -0.2) is 72.5 Å². The first-order valence-electron chi connectivity index (χ1n) is 10.4. The number of Topliss-reactive ketones (excluding diaryl/α,β-unsaturated/α-hetero) is 1. The molecule has 2 aromatic carbocycles. The third-order valence-electron chi connectivity index (χ3n) is 5.42. The monoisotopic (exact) mass is 459 g/mol. The largest absolute Gasteiger partial charge is 0.493 e. The molecule has 0 spiro atoms. The molecule has 0 aliphatic carbocycles. The number of nitrogens with zero attached hydrogens (tertiary/aromatic N) is 1. The Morgan fingerprint density at radius 3 is 2.33 bits per heavy atom. The minimum Gasteiger partial charge on any atom is -0.493 e. The molecule has 1 aliphatic rings. The van der Waals surface area contributed by atoms with Crippen LogP contribution in [0.4, 0.5) is 0 Å². The lowest BCUT2D eigenvalue weighted by molar-refractivity contribution is 0.0592. The highest BCUT2D eigenvalue weighted by atomic mass is 16.7. The van der Waals surface area contributed by atoms with Gasteiger partial charge in [-0.15, -0.1) is 0 Å². The summed E-state index contributed by atoms with van der Waals surface area (Å²) in [5, 5.41) is 0. The standard InChI is InChI=1S/C24H29NO8/c1-25(2)10-9-14-11-19-23(33-13-32-19)21(29-4)16(14)12-17(26)15-7-8-18(28-3)22(30-5)20(15)24(27)31-6/h7-8,11H,9-10,12-13H2,1-6H3. The molecular weight excluding hydrogens is 430 g/mol. The van der Waals surface area contributed by atoms with Crippen molar-refractivity contribution in [2.45, 2.75) is 12.8 Å². The summed E-state index contributed by atoms with van der Waals surface area (Å²) in [7, 11) is 9.57. The molecule has 0 atom stereocenters. The second-order valence-electron chi connectivity index (χ2n) is 7.65. The molecule has 0 radical (unpaired) electrons. The highest BCUT2D eigenvalue weighted by molar-refractivity contribution is 6.09. The molecule has 0 saturated heterocycles. The number of hydrogen-bond acceptors (Lipinski definition) is 9. The van der Waals surface area contributed by atoms with Crippen LogP contribution in [0.3, 0.4) is 0 Å². The number of methoxy groups -OCH3 is 4. The van der Waals surface area contributed by atoms with Crippen LogP contribution in [0.15, 0.2) is 18.2 Å². The molecule has 0 bridgehead atoms. The molecule has 3 rings (SSSR count). The first-order chi connectivity index (χ1) is 15.9. The quantitative estimate of drug-likeness (QED) is 0.393. The highest BCUT2D eigenvalue weighted by Crippen LogP contribution is 2.46. The Kier molecular flexibility index (Phi) is 7.65. The number of rotatable bonds is 10. The van der Waals surface area contributed by atoms with Gasteiger partial charge in [-0.05, 0) is 44.3 Å². The van der Waals surface area contributed by atoms with E-state index in [0.29, 0.717) is 35.0 Å². The Hall–Kier alpha value is -3.46. The van der Waals surface area contributed by atoms with Crippen molar-refractivity contribution in [3.05, 3.63) is 40.5 Å². The van der Waals surface area contributed by atoms with Crippen molar-refractivity contribution in [2.75, 3.05) is 55.9 Å². The number of esters is 1. The van der Waals surface area contributed by atoms with Crippen molar-refractivity contribution >= 4 is 11.8 Å². The van der Waals surface area contributed by atoms with Gasteiger partial charge in [0.2, 0.25) is 12.5 Å². The number of fused-ring (bicyclic) bond motifs is 1. The van der Waals surface area contributed by atoms with Gasteiger partial charge in [-0.2, -0.15) is 0 Å². The van der Waals surface area contributed by atoms with E-state index in [2.05, 4.69) is 0 Å². The fourth-order valence-electron chi connectivity index (χ4n) is 3.80. The second-order valence-corrected chi connectivity index (χ2v) is 7.65. The van der Waals surface area contributed by atoms with Crippen LogP contribution in [-0.2, 0) is 17.6 Å². The average molecular weight is 459 g/mol. The Bertz CT molecular complexity index is 1050. The van der Waals surface area contributed by atoms with Gasteiger partial charge in [0.05, 0.1) is 28.4 Å². The Balaban J connectivity index is 2.10. The van der Waals surface area contributed by atoms with E-state index in [9.17, 15) is 9.59 Å². The van der Waals surface area contributed by atoms with Crippen molar-refractivity contribution in [3.8, 4) is 28.7 Å².